The maximum atomic E-state index is 11.7. The Bertz CT molecular complexity index is 401. The smallest absolute Gasteiger partial charge is 0.315 e. The second-order valence-corrected chi connectivity index (χ2v) is 4.79. The summed E-state index contributed by atoms with van der Waals surface area (Å²) >= 11 is 0. The lowest BCUT2D eigenvalue weighted by Gasteiger charge is -2.13. The molecule has 2 rings (SSSR count). The van der Waals surface area contributed by atoms with Crippen LogP contribution in [0.3, 0.4) is 0 Å². The third kappa shape index (κ3) is 3.74. The lowest BCUT2D eigenvalue weighted by atomic mass is 10.1. The van der Waals surface area contributed by atoms with E-state index in [9.17, 15) is 4.79 Å². The average Bonchev–Trinajstić information content (AvgIpc) is 2.89. The van der Waals surface area contributed by atoms with E-state index in [0.29, 0.717) is 12.6 Å². The summed E-state index contributed by atoms with van der Waals surface area (Å²) in [7, 11) is 0. The van der Waals surface area contributed by atoms with Crippen LogP contribution < -0.4 is 10.6 Å². The highest BCUT2D eigenvalue weighted by Crippen LogP contribution is 2.17. The Morgan fingerprint density at radius 3 is 2.72 bits per heavy atom. The molecule has 0 bridgehead atoms. The molecule has 0 radical (unpaired) electrons. The number of carbonyl (C=O) groups excluding carboxylic acids is 1. The highest BCUT2D eigenvalue weighted by molar-refractivity contribution is 5.74. The van der Waals surface area contributed by atoms with E-state index in [-0.39, 0.29) is 12.6 Å². The molecule has 3 N–H and O–H groups in total. The van der Waals surface area contributed by atoms with Crippen LogP contribution in [-0.2, 0) is 13.2 Å². The summed E-state index contributed by atoms with van der Waals surface area (Å²) in [4.78, 5) is 11.7. The lowest BCUT2D eigenvalue weighted by Crippen LogP contribution is -2.40. The van der Waals surface area contributed by atoms with Crippen LogP contribution in [0.1, 0.15) is 36.8 Å². The number of amides is 2. The normalized spacial score (nSPS) is 15.6. The maximum absolute atomic E-state index is 11.7. The fourth-order valence-corrected chi connectivity index (χ4v) is 2.33. The zero-order valence-corrected chi connectivity index (χ0v) is 10.5. The molecular formula is C14H20N2O2. The van der Waals surface area contributed by atoms with Crippen molar-refractivity contribution in [2.75, 3.05) is 0 Å². The van der Waals surface area contributed by atoms with Gasteiger partial charge in [0.15, 0.2) is 0 Å². The van der Waals surface area contributed by atoms with Crippen molar-refractivity contribution in [2.45, 2.75) is 44.9 Å². The molecule has 0 aromatic heterocycles. The molecule has 18 heavy (non-hydrogen) atoms. The molecule has 1 saturated carbocycles. The Hall–Kier alpha value is -1.55. The number of rotatable bonds is 4. The largest absolute Gasteiger partial charge is 0.392 e. The molecule has 0 aliphatic heterocycles. The molecule has 4 heteroatoms. The second kappa shape index (κ2) is 6.40. The molecule has 4 nitrogen and oxygen atoms in total. The molecule has 0 spiro atoms. The number of carbonyl (C=O) groups is 1. The third-order valence-corrected chi connectivity index (χ3v) is 3.32. The molecule has 0 heterocycles. The molecule has 0 unspecified atom stereocenters. The number of nitrogens with one attached hydrogen (secondary N) is 2. The average molecular weight is 248 g/mol. The fourth-order valence-electron chi connectivity index (χ4n) is 2.33. The van der Waals surface area contributed by atoms with Crippen LogP contribution in [0.15, 0.2) is 24.3 Å². The predicted octanol–water partition coefficient (Wildman–Crippen LogP) is 1.92. The summed E-state index contributed by atoms with van der Waals surface area (Å²) in [5.41, 5.74) is 1.87. The standard InChI is InChI=1S/C14H20N2O2/c17-10-12-5-3-4-11(8-12)9-15-14(18)16-13-6-1-2-7-13/h3-5,8,13,17H,1-2,6-7,9-10H2,(H2,15,16,18). The van der Waals surface area contributed by atoms with Crippen LogP contribution in [0.5, 0.6) is 0 Å². The van der Waals surface area contributed by atoms with Crippen molar-refractivity contribution < 1.29 is 9.90 Å². The zero-order valence-electron chi connectivity index (χ0n) is 10.5. The summed E-state index contributed by atoms with van der Waals surface area (Å²) in [5, 5.41) is 14.9. The second-order valence-electron chi connectivity index (χ2n) is 4.79. The summed E-state index contributed by atoms with van der Waals surface area (Å²) < 4.78 is 0. The van der Waals surface area contributed by atoms with Gasteiger partial charge in [0.25, 0.3) is 0 Å². The van der Waals surface area contributed by atoms with Crippen LogP contribution in [-0.4, -0.2) is 17.2 Å². The van der Waals surface area contributed by atoms with Gasteiger partial charge in [-0.15, -0.1) is 0 Å². The molecule has 98 valence electrons. The molecule has 0 atom stereocenters. The third-order valence-electron chi connectivity index (χ3n) is 3.32. The lowest BCUT2D eigenvalue weighted by molar-refractivity contribution is 0.236. The Morgan fingerprint density at radius 1 is 1.28 bits per heavy atom. The molecule has 2 amide bonds. The highest BCUT2D eigenvalue weighted by atomic mass is 16.3. The molecule has 0 saturated heterocycles. The predicted molar refractivity (Wildman–Crippen MR) is 70.0 cm³/mol. The first-order valence-electron chi connectivity index (χ1n) is 6.51. The van der Waals surface area contributed by atoms with E-state index in [0.717, 1.165) is 24.0 Å². The Morgan fingerprint density at radius 2 is 2.00 bits per heavy atom. The van der Waals surface area contributed by atoms with Gasteiger partial charge >= 0.3 is 6.03 Å². The number of aliphatic hydroxyl groups excluding tert-OH is 1. The molecule has 1 aliphatic carbocycles. The van der Waals surface area contributed by atoms with E-state index >= 15 is 0 Å². The van der Waals surface area contributed by atoms with Gasteiger partial charge in [0.05, 0.1) is 6.61 Å². The first kappa shape index (κ1) is 12.9. The molecule has 1 aromatic carbocycles. The van der Waals surface area contributed by atoms with Gasteiger partial charge in [-0.3, -0.25) is 0 Å². The van der Waals surface area contributed by atoms with Crippen molar-refractivity contribution in [3.05, 3.63) is 35.4 Å². The Balaban J connectivity index is 1.77. The van der Waals surface area contributed by atoms with Crippen LogP contribution in [0.4, 0.5) is 4.79 Å². The molecular weight excluding hydrogens is 228 g/mol. The van der Waals surface area contributed by atoms with Crippen molar-refractivity contribution in [3.63, 3.8) is 0 Å². The summed E-state index contributed by atoms with van der Waals surface area (Å²) in [6, 6.07) is 7.83. The number of urea groups is 1. The maximum Gasteiger partial charge on any atom is 0.315 e. The number of aliphatic hydroxyl groups is 1. The summed E-state index contributed by atoms with van der Waals surface area (Å²) in [6.07, 6.45) is 4.60. The van der Waals surface area contributed by atoms with Gasteiger partial charge < -0.3 is 15.7 Å². The minimum absolute atomic E-state index is 0.0299. The number of benzene rings is 1. The van der Waals surface area contributed by atoms with Gasteiger partial charge in [-0.1, -0.05) is 37.1 Å². The van der Waals surface area contributed by atoms with Gasteiger partial charge in [-0.2, -0.15) is 0 Å². The van der Waals surface area contributed by atoms with E-state index in [1.807, 2.05) is 24.3 Å². The van der Waals surface area contributed by atoms with Crippen LogP contribution in [0.2, 0.25) is 0 Å². The van der Waals surface area contributed by atoms with Gasteiger partial charge in [0, 0.05) is 12.6 Å². The van der Waals surface area contributed by atoms with E-state index < -0.39 is 0 Å². The first-order chi connectivity index (χ1) is 8.78. The van der Waals surface area contributed by atoms with Crippen LogP contribution >= 0.6 is 0 Å². The van der Waals surface area contributed by atoms with Crippen molar-refractivity contribution in [2.24, 2.45) is 0 Å². The van der Waals surface area contributed by atoms with E-state index in [2.05, 4.69) is 10.6 Å². The zero-order chi connectivity index (χ0) is 12.8. The molecule has 1 aliphatic rings. The van der Waals surface area contributed by atoms with Gasteiger partial charge in [-0.05, 0) is 24.0 Å². The van der Waals surface area contributed by atoms with Gasteiger partial charge in [0.2, 0.25) is 0 Å². The minimum atomic E-state index is -0.101. The quantitative estimate of drug-likeness (QED) is 0.762. The molecule has 1 aromatic rings. The van der Waals surface area contributed by atoms with E-state index in [1.54, 1.807) is 0 Å². The number of hydrogen-bond acceptors (Lipinski definition) is 2. The number of hydrogen-bond donors (Lipinski definition) is 3. The van der Waals surface area contributed by atoms with Crippen LogP contribution in [0.25, 0.3) is 0 Å². The van der Waals surface area contributed by atoms with Crippen LogP contribution in [0, 0.1) is 0 Å². The summed E-state index contributed by atoms with van der Waals surface area (Å²) in [6.45, 7) is 0.522. The van der Waals surface area contributed by atoms with Gasteiger partial charge in [-0.25, -0.2) is 4.79 Å². The monoisotopic (exact) mass is 248 g/mol. The molecule has 1 fully saturated rings. The SMILES string of the molecule is O=C(NCc1cccc(CO)c1)NC1CCCC1. The van der Waals surface area contributed by atoms with Crippen molar-refractivity contribution in [1.82, 2.24) is 10.6 Å². The Labute approximate surface area is 107 Å². The van der Waals surface area contributed by atoms with Crippen molar-refractivity contribution >= 4 is 6.03 Å². The Kier molecular flexibility index (Phi) is 4.59. The van der Waals surface area contributed by atoms with Crippen molar-refractivity contribution in [3.8, 4) is 0 Å². The fraction of sp³-hybridized carbons (Fsp3) is 0.500. The van der Waals surface area contributed by atoms with Crippen molar-refractivity contribution in [1.29, 1.82) is 0 Å². The topological polar surface area (TPSA) is 61.4 Å². The van der Waals surface area contributed by atoms with Gasteiger partial charge in [0.1, 0.15) is 0 Å². The minimum Gasteiger partial charge on any atom is -0.392 e. The van der Waals surface area contributed by atoms with E-state index in [1.165, 1.54) is 12.8 Å². The first-order valence-corrected chi connectivity index (χ1v) is 6.51. The summed E-state index contributed by atoms with van der Waals surface area (Å²) in [5.74, 6) is 0. The van der Waals surface area contributed by atoms with E-state index in [4.69, 9.17) is 5.11 Å². The highest BCUT2D eigenvalue weighted by Gasteiger charge is 2.16.